The van der Waals surface area contributed by atoms with Crippen molar-refractivity contribution in [3.63, 3.8) is 0 Å². The Hall–Kier alpha value is -2.71. The zero-order chi connectivity index (χ0) is 23.3. The number of amides is 1. The summed E-state index contributed by atoms with van der Waals surface area (Å²) in [6, 6.07) is 3.08. The van der Waals surface area contributed by atoms with Crippen LogP contribution in [-0.2, 0) is 4.79 Å². The van der Waals surface area contributed by atoms with E-state index in [2.05, 4.69) is 37.4 Å². The van der Waals surface area contributed by atoms with Crippen molar-refractivity contribution < 1.29 is 15.0 Å². The van der Waals surface area contributed by atoms with E-state index in [0.29, 0.717) is 40.1 Å². The summed E-state index contributed by atoms with van der Waals surface area (Å²) in [4.78, 5) is 27.0. The van der Waals surface area contributed by atoms with Crippen molar-refractivity contribution in [1.29, 1.82) is 0 Å². The molecule has 1 unspecified atom stereocenters. The molecule has 0 spiro atoms. The molecule has 3 heterocycles. The predicted molar refractivity (Wildman–Crippen MR) is 125 cm³/mol. The molecule has 9 nitrogen and oxygen atoms in total. The lowest BCUT2D eigenvalue weighted by molar-refractivity contribution is -0.132. The molecule has 0 aliphatic heterocycles. The van der Waals surface area contributed by atoms with Crippen LogP contribution < -0.4 is 10.6 Å². The highest BCUT2D eigenvalue weighted by atomic mass is 35.5. The van der Waals surface area contributed by atoms with Crippen LogP contribution in [0.15, 0.2) is 18.5 Å². The Bertz CT molecular complexity index is 1300. The van der Waals surface area contributed by atoms with Gasteiger partial charge in [0.2, 0.25) is 11.7 Å². The molecule has 0 aromatic carbocycles. The third kappa shape index (κ3) is 3.47. The number of thiophene rings is 1. The Labute approximate surface area is 199 Å². The van der Waals surface area contributed by atoms with Crippen LogP contribution in [0.5, 0.6) is 0 Å². The van der Waals surface area contributed by atoms with E-state index in [1.807, 2.05) is 13.0 Å². The SMILES string of the molecule is CCCNc1nc(C#Cc2ccc(Cl)s2)nc2c1ncn2[C@@H]1C2C[C@@]2(C(=O)NC)[C@@H](O)[C@H]1O. The van der Waals surface area contributed by atoms with Crippen LogP contribution in [0.4, 0.5) is 5.82 Å². The van der Waals surface area contributed by atoms with Crippen molar-refractivity contribution in [2.45, 2.75) is 38.0 Å². The van der Waals surface area contributed by atoms with Gasteiger partial charge in [-0.25, -0.2) is 15.0 Å². The Morgan fingerprint density at radius 3 is 2.88 bits per heavy atom. The number of imidazole rings is 1. The highest BCUT2D eigenvalue weighted by molar-refractivity contribution is 7.16. The molecule has 0 radical (unpaired) electrons. The minimum atomic E-state index is -1.16. The lowest BCUT2D eigenvalue weighted by Gasteiger charge is -2.23. The van der Waals surface area contributed by atoms with Gasteiger partial charge in [-0.15, -0.1) is 11.3 Å². The summed E-state index contributed by atoms with van der Waals surface area (Å²) in [5, 5.41) is 27.5. The van der Waals surface area contributed by atoms with Crippen molar-refractivity contribution in [3.05, 3.63) is 33.5 Å². The maximum atomic E-state index is 12.5. The van der Waals surface area contributed by atoms with Gasteiger partial charge in [0, 0.05) is 19.5 Å². The number of halogens is 1. The van der Waals surface area contributed by atoms with E-state index in [4.69, 9.17) is 11.6 Å². The van der Waals surface area contributed by atoms with Gasteiger partial charge in [0.25, 0.3) is 0 Å². The van der Waals surface area contributed by atoms with E-state index in [1.54, 1.807) is 17.0 Å². The van der Waals surface area contributed by atoms with E-state index in [0.717, 1.165) is 11.3 Å². The molecule has 11 heteroatoms. The third-order valence-corrected chi connectivity index (χ3v) is 7.62. The summed E-state index contributed by atoms with van der Waals surface area (Å²) in [6.45, 7) is 2.74. The molecule has 5 rings (SSSR count). The summed E-state index contributed by atoms with van der Waals surface area (Å²) >= 11 is 7.36. The van der Waals surface area contributed by atoms with Gasteiger partial charge in [-0.2, -0.15) is 0 Å². The fourth-order valence-corrected chi connectivity index (χ4v) is 5.74. The van der Waals surface area contributed by atoms with Crippen molar-refractivity contribution >= 4 is 45.8 Å². The van der Waals surface area contributed by atoms with Gasteiger partial charge in [0.15, 0.2) is 17.0 Å². The van der Waals surface area contributed by atoms with Gasteiger partial charge < -0.3 is 25.4 Å². The van der Waals surface area contributed by atoms with Gasteiger partial charge in [-0.05, 0) is 36.8 Å². The van der Waals surface area contributed by atoms with Crippen molar-refractivity contribution in [1.82, 2.24) is 24.8 Å². The molecule has 0 bridgehead atoms. The second kappa shape index (κ2) is 8.25. The normalized spacial score (nSPS) is 27.7. The minimum Gasteiger partial charge on any atom is -0.389 e. The number of anilines is 1. The molecule has 3 aromatic rings. The molecular weight excluding hydrogens is 464 g/mol. The summed E-state index contributed by atoms with van der Waals surface area (Å²) in [5.41, 5.74) is 0.0632. The van der Waals surface area contributed by atoms with E-state index in [9.17, 15) is 15.0 Å². The highest BCUT2D eigenvalue weighted by Crippen LogP contribution is 2.67. The molecule has 172 valence electrons. The van der Waals surface area contributed by atoms with Crippen LogP contribution in [0.1, 0.15) is 36.5 Å². The molecule has 1 amide bonds. The summed E-state index contributed by atoms with van der Waals surface area (Å²) in [6.07, 6.45) is 0.694. The van der Waals surface area contributed by atoms with E-state index in [-0.39, 0.29) is 11.8 Å². The number of fused-ring (bicyclic) bond motifs is 2. The van der Waals surface area contributed by atoms with Crippen LogP contribution in [0.25, 0.3) is 11.2 Å². The molecule has 3 aromatic heterocycles. The van der Waals surface area contributed by atoms with Crippen LogP contribution >= 0.6 is 22.9 Å². The van der Waals surface area contributed by atoms with E-state index < -0.39 is 23.7 Å². The van der Waals surface area contributed by atoms with Crippen LogP contribution in [0, 0.1) is 23.2 Å². The number of rotatable bonds is 5. The number of carbonyl (C=O) groups excluding carboxylic acids is 1. The Morgan fingerprint density at radius 2 is 2.18 bits per heavy atom. The van der Waals surface area contributed by atoms with Crippen molar-refractivity contribution in [2.24, 2.45) is 11.3 Å². The molecule has 4 N–H and O–H groups in total. The first-order valence-electron chi connectivity index (χ1n) is 10.7. The molecular formula is C22H23ClN6O3S. The standard InChI is InChI=1S/C22H23ClN6O3S/c1-3-8-25-19-15-20(28-14(27-19)7-5-11-4-6-13(23)33-11)29(10-26-15)16-12-9-22(12,21(32)24-2)18(31)17(16)30/h4,6,10,12,16-18,30-31H,3,8-9H2,1-2H3,(H,24,32)(H,25,27,28)/t12?,16-,17+,18+,22+/m1/s1. The van der Waals surface area contributed by atoms with E-state index >= 15 is 0 Å². The van der Waals surface area contributed by atoms with Gasteiger partial charge in [0.1, 0.15) is 6.10 Å². The zero-order valence-electron chi connectivity index (χ0n) is 18.0. The second-order valence-electron chi connectivity index (χ2n) is 8.36. The number of carbonyl (C=O) groups is 1. The maximum absolute atomic E-state index is 12.5. The largest absolute Gasteiger partial charge is 0.389 e. The lowest BCUT2D eigenvalue weighted by atomic mass is 9.98. The molecule has 2 fully saturated rings. The Morgan fingerprint density at radius 1 is 1.36 bits per heavy atom. The highest BCUT2D eigenvalue weighted by Gasteiger charge is 2.75. The van der Waals surface area contributed by atoms with Gasteiger partial charge in [0.05, 0.1) is 33.1 Å². The van der Waals surface area contributed by atoms with Crippen molar-refractivity contribution in [3.8, 4) is 11.8 Å². The first-order chi connectivity index (χ1) is 15.9. The fraction of sp³-hybridized carbons (Fsp3) is 0.455. The second-order valence-corrected chi connectivity index (χ2v) is 10.1. The Balaban J connectivity index is 1.58. The number of hydrogen-bond acceptors (Lipinski definition) is 8. The van der Waals surface area contributed by atoms with Gasteiger partial charge in [-0.1, -0.05) is 18.5 Å². The monoisotopic (exact) mass is 486 g/mol. The molecule has 33 heavy (non-hydrogen) atoms. The number of aliphatic hydroxyl groups is 2. The number of nitrogens with one attached hydrogen (secondary N) is 2. The first-order valence-corrected chi connectivity index (χ1v) is 11.9. The Kier molecular flexibility index (Phi) is 5.53. The quantitative estimate of drug-likeness (QED) is 0.405. The van der Waals surface area contributed by atoms with Crippen LogP contribution in [-0.4, -0.2) is 61.4 Å². The average Bonchev–Trinajstić information content (AvgIpc) is 3.06. The van der Waals surface area contributed by atoms with Crippen molar-refractivity contribution in [2.75, 3.05) is 18.9 Å². The molecule has 2 aliphatic rings. The lowest BCUT2D eigenvalue weighted by Crippen LogP contribution is -2.41. The summed E-state index contributed by atoms with van der Waals surface area (Å²) < 4.78 is 2.40. The number of nitrogens with zero attached hydrogens (tertiary/aromatic N) is 4. The third-order valence-electron chi connectivity index (χ3n) is 6.48. The molecule has 2 saturated carbocycles. The first kappa shape index (κ1) is 22.1. The predicted octanol–water partition coefficient (Wildman–Crippen LogP) is 1.79. The van der Waals surface area contributed by atoms with Crippen LogP contribution in [0.3, 0.4) is 0 Å². The molecule has 2 aliphatic carbocycles. The zero-order valence-corrected chi connectivity index (χ0v) is 19.6. The average molecular weight is 487 g/mol. The smallest absolute Gasteiger partial charge is 0.229 e. The van der Waals surface area contributed by atoms with Gasteiger partial charge in [-0.3, -0.25) is 4.79 Å². The molecule has 0 saturated heterocycles. The maximum Gasteiger partial charge on any atom is 0.229 e. The topological polar surface area (TPSA) is 125 Å². The van der Waals surface area contributed by atoms with Crippen LogP contribution in [0.2, 0.25) is 4.34 Å². The summed E-state index contributed by atoms with van der Waals surface area (Å²) in [7, 11) is 1.54. The minimum absolute atomic E-state index is 0.218. The fourth-order valence-electron chi connectivity index (χ4n) is 4.84. The summed E-state index contributed by atoms with van der Waals surface area (Å²) in [5.74, 6) is 6.40. The van der Waals surface area contributed by atoms with E-state index in [1.165, 1.54) is 18.4 Å². The number of hydrogen-bond donors (Lipinski definition) is 4. The van der Waals surface area contributed by atoms with Gasteiger partial charge >= 0.3 is 0 Å². The molecule has 5 atom stereocenters. The number of aliphatic hydroxyl groups excluding tert-OH is 2. The number of aromatic nitrogens is 4.